The second kappa shape index (κ2) is 44.5. The second-order valence-corrected chi connectivity index (χ2v) is 26.9. The number of hydrogen-bond acceptors (Lipinski definition) is 24. The van der Waals surface area contributed by atoms with Crippen LogP contribution in [0.4, 0.5) is 0 Å². The van der Waals surface area contributed by atoms with Gasteiger partial charge in [-0.3, -0.25) is 81.5 Å². The highest BCUT2D eigenvalue weighted by Crippen LogP contribution is 2.24. The van der Waals surface area contributed by atoms with E-state index in [4.69, 9.17) is 11.5 Å². The number of nitrogens with one attached hydrogen (secondary N) is 10. The molecule has 1 aliphatic rings. The van der Waals surface area contributed by atoms with Crippen molar-refractivity contribution in [2.24, 2.45) is 23.3 Å². The number of carboxylic acids is 6. The quantitative estimate of drug-likeness (QED) is 0.0218. The first-order chi connectivity index (χ1) is 51.0. The van der Waals surface area contributed by atoms with E-state index in [1.807, 2.05) is 0 Å². The van der Waals surface area contributed by atoms with Crippen LogP contribution in [0.15, 0.2) is 48.5 Å². The molecule has 1 saturated heterocycles. The van der Waals surface area contributed by atoms with Crippen molar-refractivity contribution in [3.8, 4) is 11.5 Å². The van der Waals surface area contributed by atoms with Crippen molar-refractivity contribution < 1.29 is 139 Å². The first-order valence-electron chi connectivity index (χ1n) is 34.2. The van der Waals surface area contributed by atoms with Gasteiger partial charge in [0.2, 0.25) is 70.9 Å². The van der Waals surface area contributed by atoms with E-state index in [1.54, 1.807) is 20.8 Å². The smallest absolute Gasteiger partial charge is 0.326 e. The Morgan fingerprint density at radius 2 is 0.881 bits per heavy atom. The van der Waals surface area contributed by atoms with Crippen LogP contribution in [-0.2, 0) is 110 Å². The predicted molar refractivity (Wildman–Crippen MR) is 370 cm³/mol. The third-order valence-corrected chi connectivity index (χ3v) is 17.2. The number of rotatable bonds is 49. The number of carboxylic acid groups (broad SMARTS) is 6. The molecule has 602 valence electrons. The number of nitrogens with zero attached hydrogens (tertiary/aromatic N) is 1. The highest BCUT2D eigenvalue weighted by Gasteiger charge is 2.43. The van der Waals surface area contributed by atoms with E-state index in [9.17, 15) is 135 Å². The molecule has 0 aromatic heterocycles. The average Bonchev–Trinajstić information content (AvgIpc) is 1.72. The highest BCUT2D eigenvalue weighted by molar-refractivity contribution is 7.81. The number of aromatic hydroxyl groups is 1. The molecule has 3 rings (SSSR count). The molecule has 1 aliphatic heterocycles. The van der Waals surface area contributed by atoms with Gasteiger partial charge in [-0.25, -0.2) is 13.2 Å². The number of nitrogens with two attached hydrogens (primary N) is 2. The Morgan fingerprint density at radius 3 is 1.28 bits per heavy atom. The van der Waals surface area contributed by atoms with E-state index >= 15 is 0 Å². The van der Waals surface area contributed by atoms with E-state index < -0.39 is 291 Å². The summed E-state index contributed by atoms with van der Waals surface area (Å²) in [5.74, 6) is -25.1. The molecule has 42 nitrogen and oxygen atoms in total. The SMILES string of the molecule is CC[C@H](C)[C@H](NC(=O)[C@H](CCC(=O)O)NC(=O)[C@H](CCC(=O)O)NC(=O)[C@H](Cc1ccc(O)cc1)NC(=O)[C@H](CC(=O)O)NC(=O)CN)C(=O)N1CCC[C@H]1C(=O)N[C@@H](CCC(=O)O)C(=O)N[C@@H](CCC(=O)O)C(=O)N[C@@H](Cc1ccc(OS(=O)(=O)[O-])cc1)C(=O)N[C@@H](CC(C)C)C(=O)N[C@@H](CCC(N)=O)C(=O)O. The van der Waals surface area contributed by atoms with Crippen LogP contribution in [0.5, 0.6) is 11.5 Å². The van der Waals surface area contributed by atoms with Gasteiger partial charge >= 0.3 is 35.8 Å². The number of likely N-dealkylation sites (tertiary alicyclic amines) is 1. The number of benzene rings is 2. The van der Waals surface area contributed by atoms with Gasteiger partial charge in [-0.1, -0.05) is 58.4 Å². The molecule has 43 heteroatoms. The van der Waals surface area contributed by atoms with Crippen LogP contribution < -0.4 is 68.8 Å². The van der Waals surface area contributed by atoms with Gasteiger partial charge in [0, 0.05) is 51.5 Å². The summed E-state index contributed by atoms with van der Waals surface area (Å²) in [4.78, 5) is 240. The first kappa shape index (κ1) is 91.6. The largest absolute Gasteiger partial charge is 0.716 e. The molecular formula is C66H92N13O29S-. The second-order valence-electron chi connectivity index (χ2n) is 25.9. The third-order valence-electron chi connectivity index (χ3n) is 16.8. The van der Waals surface area contributed by atoms with E-state index in [2.05, 4.69) is 57.4 Å². The summed E-state index contributed by atoms with van der Waals surface area (Å²) in [7, 11) is -5.29. The molecule has 0 radical (unpaired) electrons. The third kappa shape index (κ3) is 33.4. The van der Waals surface area contributed by atoms with Crippen LogP contribution in [0.1, 0.15) is 135 Å². The fraction of sp³-hybridized carbons (Fsp3) is 0.545. The fourth-order valence-corrected chi connectivity index (χ4v) is 11.3. The van der Waals surface area contributed by atoms with Crippen LogP contribution in [-0.4, -0.2) is 240 Å². The fourth-order valence-electron chi connectivity index (χ4n) is 10.9. The zero-order valence-electron chi connectivity index (χ0n) is 59.7. The van der Waals surface area contributed by atoms with Crippen molar-refractivity contribution in [1.29, 1.82) is 0 Å². The van der Waals surface area contributed by atoms with Crippen molar-refractivity contribution in [3.63, 3.8) is 0 Å². The van der Waals surface area contributed by atoms with Gasteiger partial charge in [0.05, 0.1) is 13.0 Å². The normalized spacial score (nSPS) is 15.6. The van der Waals surface area contributed by atoms with Crippen LogP contribution >= 0.6 is 0 Å². The molecule has 2 aromatic rings. The molecule has 21 N–H and O–H groups in total. The Bertz CT molecular complexity index is 3750. The molecule has 2 aromatic carbocycles. The Hall–Kier alpha value is -11.6. The zero-order chi connectivity index (χ0) is 82.2. The summed E-state index contributed by atoms with van der Waals surface area (Å²) in [6.07, 6.45) is -9.63. The summed E-state index contributed by atoms with van der Waals surface area (Å²) in [6, 6.07) is -10.3. The van der Waals surface area contributed by atoms with Crippen LogP contribution in [0.2, 0.25) is 0 Å². The molecule has 109 heavy (non-hydrogen) atoms. The van der Waals surface area contributed by atoms with Gasteiger partial charge in [-0.15, -0.1) is 0 Å². The number of primary amides is 1. The van der Waals surface area contributed by atoms with Crippen LogP contribution in [0, 0.1) is 11.8 Å². The maximum Gasteiger partial charge on any atom is 0.326 e. The molecule has 12 atom stereocenters. The number of phenols is 1. The summed E-state index contributed by atoms with van der Waals surface area (Å²) in [5.41, 5.74) is 10.8. The summed E-state index contributed by atoms with van der Waals surface area (Å²) in [6.45, 7) is 5.39. The minimum absolute atomic E-state index is 0.0693. The lowest BCUT2D eigenvalue weighted by atomic mass is 9.96. The lowest BCUT2D eigenvalue weighted by Crippen LogP contribution is -2.61. The lowest BCUT2D eigenvalue weighted by Gasteiger charge is -2.33. The standard InChI is InChI=1S/C66H93N13O29S/c1-5-33(4)55(78-59(96)41(20-25-53(89)90)71-56(93)38(17-22-50(83)84)72-61(98)44(28-34-8-12-36(80)13-9-34)77-63(100)46(30-54(91)92)69-49(82)31-67)65(102)79-26-6-7-47(79)64(101)73-40(19-24-52(87)88)57(94)70-39(18-23-51(85)86)58(95)76-45(29-35-10-14-37(15-11-35)108-109(105,106)107)62(99)75-43(27-32(2)3)60(97)74-42(66(103)104)16-21-48(68)81/h8-15,32-33,38-47,55,80H,5-7,16-31,67H2,1-4H3,(H2,68,81)(H,69,82)(H,70,94)(H,71,93)(H,72,98)(H,73,101)(H,74,97)(H,75,99)(H,76,95)(H,77,100)(H,78,96)(H,83,84)(H,85,86)(H,87,88)(H,89,90)(H,91,92)(H,103,104)(H,105,106,107)/p-1/t33-,38-,39-,40-,41-,42-,43-,44-,45-,46-,47-,55-/m0/s1. The Morgan fingerprint density at radius 1 is 0.505 bits per heavy atom. The van der Waals surface area contributed by atoms with Crippen molar-refractivity contribution in [3.05, 3.63) is 59.7 Å². The van der Waals surface area contributed by atoms with Crippen LogP contribution in [0.25, 0.3) is 0 Å². The summed E-state index contributed by atoms with van der Waals surface area (Å²) < 4.78 is 38.3. The van der Waals surface area contributed by atoms with Gasteiger partial charge < -0.3 is 114 Å². The topological polar surface area (TPSA) is 691 Å². The van der Waals surface area contributed by atoms with Crippen molar-refractivity contribution >= 4 is 117 Å². The molecule has 0 aliphatic carbocycles. The number of phenolic OH excluding ortho intramolecular Hbond substituents is 1. The number of carbonyl (C=O) groups excluding carboxylic acids is 12. The number of hydrogen-bond donors (Lipinski definition) is 19. The molecule has 1 heterocycles. The maximum atomic E-state index is 14.9. The molecule has 0 bridgehead atoms. The molecule has 12 amide bonds. The minimum atomic E-state index is -5.29. The monoisotopic (exact) mass is 1560 g/mol. The molecule has 0 saturated carbocycles. The molecule has 1 fully saturated rings. The van der Waals surface area contributed by atoms with Gasteiger partial charge in [-0.2, -0.15) is 0 Å². The van der Waals surface area contributed by atoms with E-state index in [0.717, 1.165) is 29.2 Å². The number of aliphatic carboxylic acids is 6. The predicted octanol–water partition coefficient (Wildman–Crippen LogP) is -4.81. The highest BCUT2D eigenvalue weighted by atomic mass is 32.3. The van der Waals surface area contributed by atoms with Gasteiger partial charge in [0.15, 0.2) is 0 Å². The van der Waals surface area contributed by atoms with E-state index in [1.165, 1.54) is 31.2 Å². The van der Waals surface area contributed by atoms with Gasteiger partial charge in [0.1, 0.15) is 78.0 Å². The molecule has 0 spiro atoms. The zero-order valence-corrected chi connectivity index (χ0v) is 60.5. The summed E-state index contributed by atoms with van der Waals surface area (Å²) >= 11 is 0. The lowest BCUT2D eigenvalue weighted by molar-refractivity contribution is -0.144. The Balaban J connectivity index is 2.03. The Labute approximate surface area is 623 Å². The first-order valence-corrected chi connectivity index (χ1v) is 35.5. The van der Waals surface area contributed by atoms with Crippen molar-refractivity contribution in [2.45, 2.75) is 203 Å². The maximum absolute atomic E-state index is 14.9. The molecular weight excluding hydrogens is 1470 g/mol. The minimum Gasteiger partial charge on any atom is -0.716 e. The molecule has 0 unspecified atom stereocenters. The van der Waals surface area contributed by atoms with Gasteiger partial charge in [0.25, 0.3) is 10.4 Å². The number of carbonyl (C=O) groups is 18. The summed E-state index contributed by atoms with van der Waals surface area (Å²) in [5, 5.41) is 91.3. The average molecular weight is 1560 g/mol. The number of amides is 12. The van der Waals surface area contributed by atoms with Crippen molar-refractivity contribution in [2.75, 3.05) is 13.1 Å². The van der Waals surface area contributed by atoms with E-state index in [-0.39, 0.29) is 49.1 Å². The Kier molecular flexibility index (Phi) is 37.4. The van der Waals surface area contributed by atoms with Crippen molar-refractivity contribution in [1.82, 2.24) is 58.1 Å². The van der Waals surface area contributed by atoms with Gasteiger partial charge in [-0.05, 0) is 98.6 Å². The van der Waals surface area contributed by atoms with E-state index in [0.29, 0.717) is 0 Å². The van der Waals surface area contributed by atoms with Crippen LogP contribution in [0.3, 0.4) is 0 Å².